The maximum Gasteiger partial charge on any atom is 0.244 e. The minimum atomic E-state index is -0.377. The molecular weight excluding hydrogens is 374 g/mol. The molecule has 5 nitrogen and oxygen atoms in total. The Labute approximate surface area is 179 Å². The van der Waals surface area contributed by atoms with E-state index in [9.17, 15) is 9.59 Å². The molecule has 1 atom stereocenters. The molecule has 0 unspecified atom stereocenters. The van der Waals surface area contributed by atoms with Gasteiger partial charge in [0, 0.05) is 25.3 Å². The molecular formula is C25H31N3O2. The zero-order valence-electron chi connectivity index (χ0n) is 18.0. The van der Waals surface area contributed by atoms with Crippen LogP contribution in [-0.2, 0) is 16.0 Å². The summed E-state index contributed by atoms with van der Waals surface area (Å²) in [6, 6.07) is 13.9. The molecule has 0 bridgehead atoms. The van der Waals surface area contributed by atoms with Gasteiger partial charge in [-0.15, -0.1) is 0 Å². The fraction of sp³-hybridized carbons (Fsp3) is 0.440. The van der Waals surface area contributed by atoms with E-state index in [0.717, 1.165) is 54.7 Å². The first kappa shape index (κ1) is 20.6. The largest absolute Gasteiger partial charge is 0.341 e. The molecule has 0 spiro atoms. The maximum absolute atomic E-state index is 13.5. The van der Waals surface area contributed by atoms with Gasteiger partial charge in [-0.2, -0.15) is 0 Å². The Morgan fingerprint density at radius 2 is 1.67 bits per heavy atom. The van der Waals surface area contributed by atoms with E-state index in [1.807, 2.05) is 43.0 Å². The van der Waals surface area contributed by atoms with Gasteiger partial charge in [0.25, 0.3) is 0 Å². The van der Waals surface area contributed by atoms with Crippen molar-refractivity contribution < 1.29 is 9.59 Å². The van der Waals surface area contributed by atoms with Crippen molar-refractivity contribution in [2.24, 2.45) is 0 Å². The number of hydrogen-bond donors (Lipinski definition) is 1. The summed E-state index contributed by atoms with van der Waals surface area (Å²) in [6.07, 6.45) is 4.17. The number of nitrogens with zero attached hydrogens (tertiary/aromatic N) is 2. The summed E-state index contributed by atoms with van der Waals surface area (Å²) < 4.78 is 0. The number of likely N-dealkylation sites (tertiary alicyclic amines) is 1. The average molecular weight is 406 g/mol. The van der Waals surface area contributed by atoms with Crippen LogP contribution in [0.25, 0.3) is 0 Å². The van der Waals surface area contributed by atoms with Crippen LogP contribution in [0.3, 0.4) is 0 Å². The molecule has 2 amide bonds. The first-order valence-corrected chi connectivity index (χ1v) is 11.0. The number of aryl methyl sites for hydroxylation is 2. The minimum Gasteiger partial charge on any atom is -0.341 e. The Bertz CT molecular complexity index is 913. The van der Waals surface area contributed by atoms with Gasteiger partial charge in [-0.25, -0.2) is 0 Å². The van der Waals surface area contributed by atoms with E-state index in [4.69, 9.17) is 0 Å². The van der Waals surface area contributed by atoms with Crippen molar-refractivity contribution in [1.82, 2.24) is 9.80 Å². The summed E-state index contributed by atoms with van der Waals surface area (Å²) in [5, 5.41) is 3.03. The summed E-state index contributed by atoms with van der Waals surface area (Å²) in [6.45, 7) is 6.61. The smallest absolute Gasteiger partial charge is 0.244 e. The van der Waals surface area contributed by atoms with Gasteiger partial charge in [-0.05, 0) is 73.9 Å². The third-order valence-electron chi connectivity index (χ3n) is 6.14. The predicted octanol–water partition coefficient (Wildman–Crippen LogP) is 3.85. The van der Waals surface area contributed by atoms with Crippen LogP contribution >= 0.6 is 0 Å². The SMILES string of the molecule is Cc1cc(C)cc(NC(=O)CN2CCc3ccccc3[C@@H]2C(=O)N2CCCCC2)c1. The highest BCUT2D eigenvalue weighted by molar-refractivity contribution is 5.93. The highest BCUT2D eigenvalue weighted by atomic mass is 16.2. The van der Waals surface area contributed by atoms with Crippen LogP contribution < -0.4 is 5.32 Å². The fourth-order valence-corrected chi connectivity index (χ4v) is 4.80. The van der Waals surface area contributed by atoms with E-state index >= 15 is 0 Å². The van der Waals surface area contributed by atoms with Gasteiger partial charge in [0.15, 0.2) is 0 Å². The van der Waals surface area contributed by atoms with Crippen molar-refractivity contribution in [1.29, 1.82) is 0 Å². The number of carbonyl (C=O) groups excluding carboxylic acids is 2. The number of piperidine rings is 1. The van der Waals surface area contributed by atoms with Crippen molar-refractivity contribution >= 4 is 17.5 Å². The van der Waals surface area contributed by atoms with Crippen molar-refractivity contribution in [3.8, 4) is 0 Å². The van der Waals surface area contributed by atoms with Crippen molar-refractivity contribution in [3.05, 3.63) is 64.7 Å². The molecule has 0 saturated carbocycles. The van der Waals surface area contributed by atoms with Crippen LogP contribution in [0.4, 0.5) is 5.69 Å². The lowest BCUT2D eigenvalue weighted by Crippen LogP contribution is -2.49. The lowest BCUT2D eigenvalue weighted by molar-refractivity contribution is -0.139. The zero-order chi connectivity index (χ0) is 21.1. The van der Waals surface area contributed by atoms with Crippen molar-refractivity contribution in [2.45, 2.75) is 45.6 Å². The van der Waals surface area contributed by atoms with Crippen molar-refractivity contribution in [2.75, 3.05) is 31.5 Å². The summed E-state index contributed by atoms with van der Waals surface area (Å²) in [4.78, 5) is 30.4. The third-order valence-corrected chi connectivity index (χ3v) is 6.14. The van der Waals surface area contributed by atoms with Crippen LogP contribution in [0.5, 0.6) is 0 Å². The summed E-state index contributed by atoms with van der Waals surface area (Å²) in [7, 11) is 0. The number of carbonyl (C=O) groups is 2. The molecule has 1 fully saturated rings. The van der Waals surface area contributed by atoms with Gasteiger partial charge >= 0.3 is 0 Å². The van der Waals surface area contributed by atoms with Gasteiger partial charge < -0.3 is 10.2 Å². The maximum atomic E-state index is 13.5. The highest BCUT2D eigenvalue weighted by Crippen LogP contribution is 2.32. The Hall–Kier alpha value is -2.66. The number of rotatable bonds is 4. The highest BCUT2D eigenvalue weighted by Gasteiger charge is 2.36. The number of nitrogens with one attached hydrogen (secondary N) is 1. The molecule has 0 radical (unpaired) electrons. The monoisotopic (exact) mass is 405 g/mol. The van der Waals surface area contributed by atoms with Crippen LogP contribution in [0.15, 0.2) is 42.5 Å². The van der Waals surface area contributed by atoms with Gasteiger partial charge in [0.05, 0.1) is 6.54 Å². The number of hydrogen-bond acceptors (Lipinski definition) is 3. The lowest BCUT2D eigenvalue weighted by Gasteiger charge is -2.39. The minimum absolute atomic E-state index is 0.0733. The third kappa shape index (κ3) is 4.57. The van der Waals surface area contributed by atoms with E-state index < -0.39 is 0 Å². The molecule has 0 aliphatic carbocycles. The van der Waals surface area contributed by atoms with Crippen LogP contribution in [-0.4, -0.2) is 47.8 Å². The molecule has 2 aromatic rings. The summed E-state index contributed by atoms with van der Waals surface area (Å²) in [5.74, 6) is 0.0666. The second-order valence-electron chi connectivity index (χ2n) is 8.63. The molecule has 2 aromatic carbocycles. The predicted molar refractivity (Wildman–Crippen MR) is 119 cm³/mol. The molecule has 1 saturated heterocycles. The van der Waals surface area contributed by atoms with E-state index in [-0.39, 0.29) is 24.4 Å². The first-order chi connectivity index (χ1) is 14.5. The second-order valence-corrected chi connectivity index (χ2v) is 8.63. The molecule has 2 aliphatic rings. The normalized spacial score (nSPS) is 19.3. The van der Waals surface area contributed by atoms with E-state index in [1.54, 1.807) is 0 Å². The van der Waals surface area contributed by atoms with Gasteiger partial charge in [-0.1, -0.05) is 30.3 Å². The topological polar surface area (TPSA) is 52.7 Å². The fourth-order valence-electron chi connectivity index (χ4n) is 4.80. The Kier molecular flexibility index (Phi) is 6.18. The van der Waals surface area contributed by atoms with E-state index in [0.29, 0.717) is 6.54 Å². The van der Waals surface area contributed by atoms with E-state index in [2.05, 4.69) is 28.4 Å². The van der Waals surface area contributed by atoms with Crippen LogP contribution in [0, 0.1) is 13.8 Å². The number of anilines is 1. The Morgan fingerprint density at radius 1 is 0.967 bits per heavy atom. The second kappa shape index (κ2) is 9.00. The van der Waals surface area contributed by atoms with Gasteiger partial charge in [0.1, 0.15) is 6.04 Å². The molecule has 30 heavy (non-hydrogen) atoms. The molecule has 158 valence electrons. The van der Waals surface area contributed by atoms with E-state index in [1.165, 1.54) is 12.0 Å². The molecule has 2 heterocycles. The zero-order valence-corrected chi connectivity index (χ0v) is 18.0. The quantitative estimate of drug-likeness (QED) is 0.841. The number of amides is 2. The van der Waals surface area contributed by atoms with Crippen molar-refractivity contribution in [3.63, 3.8) is 0 Å². The Morgan fingerprint density at radius 3 is 2.40 bits per heavy atom. The van der Waals surface area contributed by atoms with Crippen LogP contribution in [0.1, 0.15) is 47.6 Å². The number of fused-ring (bicyclic) bond motifs is 1. The van der Waals surface area contributed by atoms with Gasteiger partial charge in [0.2, 0.25) is 11.8 Å². The lowest BCUT2D eigenvalue weighted by atomic mass is 9.91. The summed E-state index contributed by atoms with van der Waals surface area (Å²) in [5.41, 5.74) is 5.33. The first-order valence-electron chi connectivity index (χ1n) is 11.0. The molecule has 0 aromatic heterocycles. The van der Waals surface area contributed by atoms with Gasteiger partial charge in [-0.3, -0.25) is 14.5 Å². The Balaban J connectivity index is 1.54. The average Bonchev–Trinajstić information content (AvgIpc) is 2.73. The standard InChI is InChI=1S/C25H31N3O2/c1-18-14-19(2)16-21(15-18)26-23(29)17-28-13-10-20-8-4-5-9-22(20)24(28)25(30)27-11-6-3-7-12-27/h4-5,8-9,14-16,24H,3,6-7,10-13,17H2,1-2H3,(H,26,29)/t24-/m1/s1. The molecule has 2 aliphatic heterocycles. The molecule has 5 heteroatoms. The molecule has 1 N–H and O–H groups in total. The molecule has 4 rings (SSSR count). The summed E-state index contributed by atoms with van der Waals surface area (Å²) >= 11 is 0. The number of benzene rings is 2. The van der Waals surface area contributed by atoms with Crippen LogP contribution in [0.2, 0.25) is 0 Å².